The van der Waals surface area contributed by atoms with Gasteiger partial charge in [-0.25, -0.2) is 0 Å². The van der Waals surface area contributed by atoms with E-state index in [1.807, 2.05) is 6.79 Å². The minimum absolute atomic E-state index is 0. The number of hydrogen-bond acceptors (Lipinski definition) is 1. The van der Waals surface area contributed by atoms with Crippen molar-refractivity contribution in [2.45, 2.75) is 6.92 Å². The van der Waals surface area contributed by atoms with Crippen LogP contribution in [0.25, 0.3) is 0 Å². The molecule has 0 aliphatic carbocycles. The molecule has 0 aromatic heterocycles. The molecule has 0 bridgehead atoms. The van der Waals surface area contributed by atoms with Crippen molar-refractivity contribution in [3.63, 3.8) is 0 Å². The molecule has 0 saturated carbocycles. The van der Waals surface area contributed by atoms with Gasteiger partial charge < -0.3 is 19.1 Å². The summed E-state index contributed by atoms with van der Waals surface area (Å²) in [7, 11) is 0. The molecule has 0 aliphatic rings. The van der Waals surface area contributed by atoms with Gasteiger partial charge >= 0.3 is 37.7 Å². The smallest absolute Gasteiger partial charge is 0.358 e. The molecular weight excluding hydrogens is 184 g/mol. The predicted octanol–water partition coefficient (Wildman–Crippen LogP) is 1.30. The number of halogens is 1. The van der Waals surface area contributed by atoms with Crippen LogP contribution in [0.5, 0.6) is 0 Å². The first-order valence-corrected chi connectivity index (χ1v) is 0.996. The molecule has 0 rings (SSSR count). The Morgan fingerprint density at radius 1 is 1.29 bits per heavy atom. The van der Waals surface area contributed by atoms with E-state index in [4.69, 9.17) is 4.79 Å². The van der Waals surface area contributed by atoms with E-state index in [0.29, 0.717) is 0 Å². The summed E-state index contributed by atoms with van der Waals surface area (Å²) < 4.78 is 0. The Bertz CT molecular complexity index is 11.7. The quantitative estimate of drug-likeness (QED) is 0.420. The van der Waals surface area contributed by atoms with Gasteiger partial charge in [0.15, 0.2) is 0 Å². The van der Waals surface area contributed by atoms with Crippen LogP contribution in [-0.4, -0.2) is 44.5 Å². The van der Waals surface area contributed by atoms with Crippen LogP contribution in [0.4, 0.5) is 0 Å². The molecule has 0 spiro atoms. The van der Waals surface area contributed by atoms with Crippen LogP contribution in [0.15, 0.2) is 0 Å². The topological polar surface area (TPSA) is 17.1 Å². The first-order chi connectivity index (χ1) is 2.00. The van der Waals surface area contributed by atoms with Gasteiger partial charge in [0.25, 0.3) is 0 Å². The van der Waals surface area contributed by atoms with Crippen molar-refractivity contribution in [3.05, 3.63) is 14.4 Å². The Morgan fingerprint density at radius 3 is 1.29 bits per heavy atom. The molecule has 0 fully saturated rings. The molecule has 3 heteroatoms. The summed E-state index contributed by atoms with van der Waals surface area (Å²) >= 11 is 0. The third-order valence-electron chi connectivity index (χ3n) is 0. The van der Waals surface area contributed by atoms with Crippen LogP contribution in [0.3, 0.4) is 0 Å². The maximum absolute atomic E-state index is 8.00. The van der Waals surface area contributed by atoms with Crippen LogP contribution < -0.4 is 0 Å². The van der Waals surface area contributed by atoms with Crippen molar-refractivity contribution in [1.29, 1.82) is 0 Å². The molecule has 7 heavy (non-hydrogen) atoms. The maximum Gasteiger partial charge on any atom is 2.00 e. The van der Waals surface area contributed by atoms with E-state index in [-0.39, 0.29) is 62.1 Å². The van der Waals surface area contributed by atoms with Gasteiger partial charge in [0.2, 0.25) is 0 Å². The predicted molar refractivity (Wildman–Crippen MR) is 40.6 cm³/mol. The number of carbonyl (C=O) groups excluding carboxylic acids is 1. The standard InChI is InChI=1S/C2H5.CH2O.CH3.BrH.Ca/c2*1-2;;;/h1H2,2H3;1H2;1H3;1H;/q-1;;-1;;+2. The average Bonchev–Trinajstić information content (AvgIpc) is 1.50. The van der Waals surface area contributed by atoms with Crippen molar-refractivity contribution in [3.8, 4) is 0 Å². The third-order valence-corrected chi connectivity index (χ3v) is 0. The van der Waals surface area contributed by atoms with E-state index in [9.17, 15) is 0 Å². The van der Waals surface area contributed by atoms with Crippen molar-refractivity contribution in [1.82, 2.24) is 0 Å². The second-order valence-corrected chi connectivity index (χ2v) is 0. The van der Waals surface area contributed by atoms with Crippen LogP contribution in [0, 0.1) is 14.4 Å². The molecule has 0 aromatic rings. The zero-order valence-electron chi connectivity index (χ0n) is 4.94. The molecule has 0 heterocycles. The van der Waals surface area contributed by atoms with Crippen LogP contribution in [0.2, 0.25) is 0 Å². The Labute approximate surface area is 86.6 Å². The molecule has 0 radical (unpaired) electrons. The molecule has 0 aliphatic heterocycles. The van der Waals surface area contributed by atoms with E-state index < -0.39 is 0 Å². The van der Waals surface area contributed by atoms with Crippen LogP contribution in [0.1, 0.15) is 6.92 Å². The molecular formula is C4H11BrCaO. The normalized spacial score (nSPS) is 1.43. The van der Waals surface area contributed by atoms with E-state index in [1.54, 1.807) is 6.92 Å². The zero-order valence-corrected chi connectivity index (χ0v) is 8.86. The van der Waals surface area contributed by atoms with E-state index in [2.05, 4.69) is 6.92 Å². The fourth-order valence-corrected chi connectivity index (χ4v) is 0. The van der Waals surface area contributed by atoms with Gasteiger partial charge in [-0.05, 0) is 0 Å². The average molecular weight is 195 g/mol. The molecule has 0 saturated heterocycles. The van der Waals surface area contributed by atoms with Crippen molar-refractivity contribution >= 4 is 61.5 Å². The van der Waals surface area contributed by atoms with E-state index in [1.165, 1.54) is 0 Å². The SMILES string of the molecule is Br.C=O.[CH2-]C.[CH3-].[Ca+2]. The zero-order chi connectivity index (χ0) is 4.00. The summed E-state index contributed by atoms with van der Waals surface area (Å²) in [5.41, 5.74) is 0. The number of hydrogen-bond donors (Lipinski definition) is 0. The summed E-state index contributed by atoms with van der Waals surface area (Å²) in [5.74, 6) is 0. The Kier molecular flexibility index (Phi) is 869. The third kappa shape index (κ3) is 109. The Morgan fingerprint density at radius 2 is 1.29 bits per heavy atom. The van der Waals surface area contributed by atoms with Crippen LogP contribution in [-0.2, 0) is 4.79 Å². The largest absolute Gasteiger partial charge is 2.00 e. The molecule has 0 atom stereocenters. The minimum Gasteiger partial charge on any atom is -0.358 e. The summed E-state index contributed by atoms with van der Waals surface area (Å²) in [4.78, 5) is 8.00. The van der Waals surface area contributed by atoms with Crippen molar-refractivity contribution in [2.24, 2.45) is 0 Å². The van der Waals surface area contributed by atoms with Gasteiger partial charge in [0, 0.05) is 0 Å². The molecule has 0 amide bonds. The van der Waals surface area contributed by atoms with Gasteiger partial charge in [0.1, 0.15) is 6.79 Å². The van der Waals surface area contributed by atoms with Crippen LogP contribution >= 0.6 is 17.0 Å². The van der Waals surface area contributed by atoms with Gasteiger partial charge in [-0.15, -0.1) is 17.0 Å². The van der Waals surface area contributed by atoms with Gasteiger partial charge in [0.05, 0.1) is 0 Å². The van der Waals surface area contributed by atoms with Crippen molar-refractivity contribution < 1.29 is 4.79 Å². The monoisotopic (exact) mass is 194 g/mol. The summed E-state index contributed by atoms with van der Waals surface area (Å²) in [6.45, 7) is 7.00. The second kappa shape index (κ2) is 153. The van der Waals surface area contributed by atoms with E-state index >= 15 is 0 Å². The van der Waals surface area contributed by atoms with E-state index in [0.717, 1.165) is 0 Å². The van der Waals surface area contributed by atoms with Gasteiger partial charge in [-0.1, -0.05) is 0 Å². The number of rotatable bonds is 0. The van der Waals surface area contributed by atoms with Gasteiger partial charge in [-0.2, -0.15) is 6.92 Å². The first-order valence-electron chi connectivity index (χ1n) is 0.996. The summed E-state index contributed by atoms with van der Waals surface area (Å²) in [6.07, 6.45) is 0. The molecule has 0 aromatic carbocycles. The van der Waals surface area contributed by atoms with Crippen molar-refractivity contribution in [2.75, 3.05) is 0 Å². The first kappa shape index (κ1) is 39.7. The fourth-order valence-electron chi connectivity index (χ4n) is 0. The Balaban J connectivity index is -0.00000000267. The molecule has 42 valence electrons. The number of carbonyl (C=O) groups is 1. The maximum atomic E-state index is 8.00. The molecule has 0 N–H and O–H groups in total. The second-order valence-electron chi connectivity index (χ2n) is 0. The molecule has 0 unspecified atom stereocenters. The molecule has 1 nitrogen and oxygen atoms in total. The Hall–Kier alpha value is 1.41. The summed E-state index contributed by atoms with van der Waals surface area (Å²) in [5, 5.41) is 0. The summed E-state index contributed by atoms with van der Waals surface area (Å²) in [6, 6.07) is 0. The minimum atomic E-state index is 0. The fraction of sp³-hybridized carbons (Fsp3) is 0.250. The van der Waals surface area contributed by atoms with Gasteiger partial charge in [-0.3, -0.25) is 0 Å².